The molecule has 0 saturated carbocycles. The number of nitrogens with one attached hydrogen (secondary N) is 2. The normalized spacial score (nSPS) is 15.7. The predicted octanol–water partition coefficient (Wildman–Crippen LogP) is 2.08. The number of hydrogen-bond acceptors (Lipinski definition) is 5. The zero-order valence-corrected chi connectivity index (χ0v) is 16.1. The highest BCUT2D eigenvalue weighted by atomic mass is 32.2. The van der Waals surface area contributed by atoms with Crippen LogP contribution in [0.2, 0.25) is 0 Å². The van der Waals surface area contributed by atoms with E-state index in [1.54, 1.807) is 24.3 Å². The van der Waals surface area contributed by atoms with Crippen LogP contribution in [-0.2, 0) is 14.8 Å². The number of carbonyl (C=O) groups is 1. The van der Waals surface area contributed by atoms with Crippen molar-refractivity contribution in [1.29, 1.82) is 0 Å². The minimum Gasteiger partial charge on any atom is -0.491 e. The van der Waals surface area contributed by atoms with E-state index in [9.17, 15) is 13.2 Å². The van der Waals surface area contributed by atoms with Gasteiger partial charge in [0.15, 0.2) is 0 Å². The van der Waals surface area contributed by atoms with Gasteiger partial charge in [0.25, 0.3) is 5.91 Å². The molecule has 0 radical (unpaired) electrons. The van der Waals surface area contributed by atoms with E-state index in [1.165, 1.54) is 16.6 Å². The average molecular weight is 393 g/mol. The summed E-state index contributed by atoms with van der Waals surface area (Å²) < 4.78 is 37.3. The molecule has 1 aliphatic heterocycles. The molecule has 0 unspecified atom stereocenters. The first-order valence-corrected chi connectivity index (χ1v) is 10.1. The third kappa shape index (κ3) is 4.68. The number of ether oxygens (including phenoxy) is 2. The number of hydrogen-bond donors (Lipinski definition) is 2. The molecule has 146 valence electrons. The number of H-pyrrole nitrogens is 1. The van der Waals surface area contributed by atoms with Gasteiger partial charge in [0.2, 0.25) is 10.0 Å². The van der Waals surface area contributed by atoms with E-state index in [0.717, 1.165) is 0 Å². The lowest BCUT2D eigenvalue weighted by molar-refractivity contribution is 0.0730. The highest BCUT2D eigenvalue weighted by Crippen LogP contribution is 2.20. The van der Waals surface area contributed by atoms with E-state index in [0.29, 0.717) is 37.7 Å². The molecular weight excluding hydrogens is 370 g/mol. The Morgan fingerprint density at radius 3 is 2.52 bits per heavy atom. The number of nitrogens with zero attached hydrogens (tertiary/aromatic N) is 1. The van der Waals surface area contributed by atoms with Crippen LogP contribution in [0.1, 0.15) is 24.3 Å². The van der Waals surface area contributed by atoms with E-state index in [1.807, 2.05) is 13.8 Å². The highest BCUT2D eigenvalue weighted by Gasteiger charge is 2.28. The average Bonchev–Trinajstić information content (AvgIpc) is 3.15. The summed E-state index contributed by atoms with van der Waals surface area (Å²) >= 11 is 0. The van der Waals surface area contributed by atoms with Crippen LogP contribution in [0.5, 0.6) is 5.75 Å². The minimum atomic E-state index is -3.64. The zero-order valence-electron chi connectivity index (χ0n) is 15.3. The number of amides is 1. The van der Waals surface area contributed by atoms with Gasteiger partial charge in [-0.05, 0) is 44.2 Å². The Labute approximate surface area is 158 Å². The monoisotopic (exact) mass is 393 g/mol. The van der Waals surface area contributed by atoms with Gasteiger partial charge in [0.05, 0.1) is 19.3 Å². The molecule has 0 bridgehead atoms. The lowest BCUT2D eigenvalue weighted by Crippen LogP contribution is -2.40. The SMILES string of the molecule is CC(C)Oc1ccc(NC(=O)c2cc(S(=O)(=O)N3CCOCC3)c[nH]2)cc1. The largest absolute Gasteiger partial charge is 0.491 e. The quantitative estimate of drug-likeness (QED) is 0.783. The molecule has 27 heavy (non-hydrogen) atoms. The second-order valence-corrected chi connectivity index (χ2v) is 8.35. The van der Waals surface area contributed by atoms with Gasteiger partial charge in [-0.2, -0.15) is 4.31 Å². The molecule has 1 saturated heterocycles. The lowest BCUT2D eigenvalue weighted by atomic mass is 10.3. The second-order valence-electron chi connectivity index (χ2n) is 6.41. The Balaban J connectivity index is 1.68. The van der Waals surface area contributed by atoms with Crippen LogP contribution in [0.15, 0.2) is 41.4 Å². The van der Waals surface area contributed by atoms with Crippen molar-refractivity contribution in [1.82, 2.24) is 9.29 Å². The summed E-state index contributed by atoms with van der Waals surface area (Å²) in [6.07, 6.45) is 1.40. The first-order chi connectivity index (χ1) is 12.9. The number of carbonyl (C=O) groups excluding carboxylic acids is 1. The fourth-order valence-electron chi connectivity index (χ4n) is 2.68. The molecular formula is C18H23N3O5S. The first-order valence-electron chi connectivity index (χ1n) is 8.70. The van der Waals surface area contributed by atoms with Crippen LogP contribution < -0.4 is 10.1 Å². The van der Waals surface area contributed by atoms with Crippen molar-refractivity contribution in [3.8, 4) is 5.75 Å². The van der Waals surface area contributed by atoms with Crippen molar-refractivity contribution in [3.63, 3.8) is 0 Å². The van der Waals surface area contributed by atoms with Gasteiger partial charge in [-0.3, -0.25) is 4.79 Å². The first kappa shape index (κ1) is 19.4. The molecule has 8 nitrogen and oxygen atoms in total. The van der Waals surface area contributed by atoms with Gasteiger partial charge >= 0.3 is 0 Å². The topological polar surface area (TPSA) is 101 Å². The number of rotatable bonds is 6. The lowest BCUT2D eigenvalue weighted by Gasteiger charge is -2.25. The van der Waals surface area contributed by atoms with Gasteiger partial charge < -0.3 is 19.8 Å². The summed E-state index contributed by atoms with van der Waals surface area (Å²) in [6, 6.07) is 8.32. The van der Waals surface area contributed by atoms with Gasteiger partial charge in [0.1, 0.15) is 16.3 Å². The summed E-state index contributed by atoms with van der Waals surface area (Å²) in [5.74, 6) is 0.290. The van der Waals surface area contributed by atoms with Crippen molar-refractivity contribution >= 4 is 21.6 Å². The van der Waals surface area contributed by atoms with Crippen LogP contribution in [0.25, 0.3) is 0 Å². The van der Waals surface area contributed by atoms with Gasteiger partial charge in [-0.1, -0.05) is 0 Å². The van der Waals surface area contributed by atoms with Crippen LogP contribution in [-0.4, -0.2) is 56.0 Å². The smallest absolute Gasteiger partial charge is 0.272 e. The molecule has 1 aromatic carbocycles. The van der Waals surface area contributed by atoms with E-state index in [2.05, 4.69) is 10.3 Å². The molecule has 2 N–H and O–H groups in total. The summed E-state index contributed by atoms with van der Waals surface area (Å²) in [5.41, 5.74) is 0.757. The van der Waals surface area contributed by atoms with E-state index in [-0.39, 0.29) is 16.7 Å². The zero-order chi connectivity index (χ0) is 19.4. The standard InChI is InChI=1S/C18H23N3O5S/c1-13(2)26-15-5-3-14(4-6-15)20-18(22)17-11-16(12-19-17)27(23,24)21-7-9-25-10-8-21/h3-6,11-13,19H,7-10H2,1-2H3,(H,20,22). The molecule has 0 atom stereocenters. The number of sulfonamides is 1. The Hall–Kier alpha value is -2.36. The molecule has 1 aliphatic rings. The van der Waals surface area contributed by atoms with Crippen molar-refractivity contribution in [2.75, 3.05) is 31.6 Å². The van der Waals surface area contributed by atoms with Gasteiger partial charge in [-0.15, -0.1) is 0 Å². The number of aromatic nitrogens is 1. The third-order valence-corrected chi connectivity index (χ3v) is 5.87. The summed E-state index contributed by atoms with van der Waals surface area (Å²) in [5, 5.41) is 2.73. The third-order valence-electron chi connectivity index (χ3n) is 3.99. The van der Waals surface area contributed by atoms with Gasteiger partial charge in [0, 0.05) is 25.0 Å². The highest BCUT2D eigenvalue weighted by molar-refractivity contribution is 7.89. The molecule has 0 aliphatic carbocycles. The molecule has 2 heterocycles. The van der Waals surface area contributed by atoms with Crippen molar-refractivity contribution in [2.45, 2.75) is 24.8 Å². The van der Waals surface area contributed by atoms with Crippen molar-refractivity contribution in [2.24, 2.45) is 0 Å². The molecule has 2 aromatic rings. The summed E-state index contributed by atoms with van der Waals surface area (Å²) in [7, 11) is -3.64. The summed E-state index contributed by atoms with van der Waals surface area (Å²) in [6.45, 7) is 5.22. The molecule has 9 heteroatoms. The Bertz CT molecular complexity index is 884. The maximum Gasteiger partial charge on any atom is 0.272 e. The molecule has 1 amide bonds. The molecule has 3 rings (SSSR count). The number of benzene rings is 1. The van der Waals surface area contributed by atoms with Crippen LogP contribution >= 0.6 is 0 Å². The Morgan fingerprint density at radius 2 is 1.89 bits per heavy atom. The summed E-state index contributed by atoms with van der Waals surface area (Å²) in [4.78, 5) is 15.2. The van der Waals surface area contributed by atoms with Crippen LogP contribution in [0.4, 0.5) is 5.69 Å². The maximum atomic E-state index is 12.6. The molecule has 1 aromatic heterocycles. The molecule has 1 fully saturated rings. The predicted molar refractivity (Wildman–Crippen MR) is 101 cm³/mol. The number of aromatic amines is 1. The van der Waals surface area contributed by atoms with E-state index in [4.69, 9.17) is 9.47 Å². The van der Waals surface area contributed by atoms with E-state index >= 15 is 0 Å². The van der Waals surface area contributed by atoms with Gasteiger partial charge in [-0.25, -0.2) is 8.42 Å². The number of anilines is 1. The van der Waals surface area contributed by atoms with Crippen LogP contribution in [0.3, 0.4) is 0 Å². The fourth-order valence-corrected chi connectivity index (χ4v) is 4.08. The van der Waals surface area contributed by atoms with Crippen LogP contribution in [0, 0.1) is 0 Å². The Morgan fingerprint density at radius 1 is 1.22 bits per heavy atom. The minimum absolute atomic E-state index is 0.0650. The van der Waals surface area contributed by atoms with Crippen molar-refractivity contribution in [3.05, 3.63) is 42.2 Å². The molecule has 0 spiro atoms. The second kappa shape index (κ2) is 8.12. The fraction of sp³-hybridized carbons (Fsp3) is 0.389. The van der Waals surface area contributed by atoms with Crippen molar-refractivity contribution < 1.29 is 22.7 Å². The Kier molecular flexibility index (Phi) is 5.83. The number of morpholine rings is 1. The maximum absolute atomic E-state index is 12.6. The van der Waals surface area contributed by atoms with E-state index < -0.39 is 15.9 Å².